The summed E-state index contributed by atoms with van der Waals surface area (Å²) in [4.78, 5) is 6.66. The van der Waals surface area contributed by atoms with Crippen LogP contribution in [0.15, 0.2) is 4.52 Å². The van der Waals surface area contributed by atoms with Crippen LogP contribution in [-0.4, -0.2) is 45.9 Å². The van der Waals surface area contributed by atoms with Crippen LogP contribution in [0.3, 0.4) is 0 Å². The van der Waals surface area contributed by atoms with Crippen molar-refractivity contribution in [3.05, 3.63) is 11.7 Å². The molecule has 0 aliphatic rings. The zero-order valence-corrected chi connectivity index (χ0v) is 12.8. The van der Waals surface area contributed by atoms with E-state index in [9.17, 15) is 5.11 Å². The molecule has 1 rings (SSSR count). The molecule has 0 fully saturated rings. The second-order valence-electron chi connectivity index (χ2n) is 5.97. The van der Waals surface area contributed by atoms with Gasteiger partial charge in [0.1, 0.15) is 0 Å². The topological polar surface area (TPSA) is 62.4 Å². The SMILES string of the molecule is CCN(CC)CCc1noc(CC(O)C(C)(C)C)n1. The first kappa shape index (κ1) is 16.1. The zero-order valence-electron chi connectivity index (χ0n) is 12.8. The summed E-state index contributed by atoms with van der Waals surface area (Å²) < 4.78 is 5.19. The maximum Gasteiger partial charge on any atom is 0.229 e. The Kier molecular flexibility index (Phi) is 5.94. The molecule has 110 valence electrons. The Morgan fingerprint density at radius 2 is 1.89 bits per heavy atom. The number of nitrogens with zero attached hydrogens (tertiary/aromatic N) is 3. The first-order valence-electron chi connectivity index (χ1n) is 7.08. The van der Waals surface area contributed by atoms with Crippen molar-refractivity contribution in [3.63, 3.8) is 0 Å². The number of hydrogen-bond donors (Lipinski definition) is 1. The van der Waals surface area contributed by atoms with E-state index < -0.39 is 6.10 Å². The molecule has 5 nitrogen and oxygen atoms in total. The van der Waals surface area contributed by atoms with E-state index in [1.165, 1.54) is 0 Å². The second-order valence-corrected chi connectivity index (χ2v) is 5.97. The van der Waals surface area contributed by atoms with Crippen LogP contribution in [0.4, 0.5) is 0 Å². The van der Waals surface area contributed by atoms with Crippen LogP contribution in [-0.2, 0) is 12.8 Å². The van der Waals surface area contributed by atoms with Crippen molar-refractivity contribution >= 4 is 0 Å². The monoisotopic (exact) mass is 269 g/mol. The van der Waals surface area contributed by atoms with Crippen LogP contribution in [0.2, 0.25) is 0 Å². The molecule has 0 bridgehead atoms. The molecule has 19 heavy (non-hydrogen) atoms. The van der Waals surface area contributed by atoms with E-state index in [0.717, 1.165) is 31.9 Å². The Hall–Kier alpha value is -0.940. The lowest BCUT2D eigenvalue weighted by atomic mass is 9.87. The number of hydrogen-bond acceptors (Lipinski definition) is 5. The highest BCUT2D eigenvalue weighted by molar-refractivity contribution is 4.91. The van der Waals surface area contributed by atoms with Crippen LogP contribution < -0.4 is 0 Å². The third-order valence-electron chi connectivity index (χ3n) is 3.42. The lowest BCUT2D eigenvalue weighted by Gasteiger charge is -2.24. The molecule has 0 radical (unpaired) electrons. The van der Waals surface area contributed by atoms with Gasteiger partial charge in [-0.25, -0.2) is 0 Å². The van der Waals surface area contributed by atoms with Gasteiger partial charge in [-0.1, -0.05) is 39.8 Å². The maximum atomic E-state index is 10.0. The lowest BCUT2D eigenvalue weighted by molar-refractivity contribution is 0.0565. The van der Waals surface area contributed by atoms with Crippen molar-refractivity contribution in [2.24, 2.45) is 5.41 Å². The molecule has 0 saturated carbocycles. The van der Waals surface area contributed by atoms with Gasteiger partial charge in [-0.15, -0.1) is 0 Å². The van der Waals surface area contributed by atoms with Gasteiger partial charge in [-0.2, -0.15) is 4.98 Å². The number of rotatable bonds is 7. The molecule has 1 N–H and O–H groups in total. The molecule has 1 aromatic rings. The third kappa shape index (κ3) is 5.28. The number of aromatic nitrogens is 2. The first-order chi connectivity index (χ1) is 8.86. The van der Waals surface area contributed by atoms with Crippen molar-refractivity contribution in [1.82, 2.24) is 15.0 Å². The van der Waals surface area contributed by atoms with Crippen molar-refractivity contribution in [1.29, 1.82) is 0 Å². The van der Waals surface area contributed by atoms with Crippen LogP contribution >= 0.6 is 0 Å². The predicted molar refractivity (Wildman–Crippen MR) is 75.0 cm³/mol. The fourth-order valence-electron chi connectivity index (χ4n) is 1.74. The van der Waals surface area contributed by atoms with Gasteiger partial charge in [0.05, 0.1) is 12.5 Å². The van der Waals surface area contributed by atoms with Gasteiger partial charge in [-0.05, 0) is 18.5 Å². The minimum Gasteiger partial charge on any atom is -0.392 e. The van der Waals surface area contributed by atoms with Crippen molar-refractivity contribution < 1.29 is 9.63 Å². The highest BCUT2D eigenvalue weighted by atomic mass is 16.5. The molecule has 1 atom stereocenters. The molecule has 0 aromatic carbocycles. The fourth-order valence-corrected chi connectivity index (χ4v) is 1.74. The molecule has 1 unspecified atom stereocenters. The molecule has 0 aliphatic carbocycles. The standard InChI is InChI=1S/C14H27N3O2/c1-6-17(7-2)9-8-12-15-13(19-16-12)10-11(18)14(3,4)5/h11,18H,6-10H2,1-5H3. The molecule has 0 saturated heterocycles. The largest absolute Gasteiger partial charge is 0.392 e. The second kappa shape index (κ2) is 7.01. The van der Waals surface area contributed by atoms with Gasteiger partial charge in [-0.3, -0.25) is 0 Å². The zero-order chi connectivity index (χ0) is 14.5. The molecular weight excluding hydrogens is 242 g/mol. The first-order valence-corrected chi connectivity index (χ1v) is 7.08. The number of aliphatic hydroxyl groups excluding tert-OH is 1. The van der Waals surface area contributed by atoms with Crippen LogP contribution in [0.25, 0.3) is 0 Å². The van der Waals surface area contributed by atoms with E-state index in [0.29, 0.717) is 12.3 Å². The fraction of sp³-hybridized carbons (Fsp3) is 0.857. The molecule has 5 heteroatoms. The Morgan fingerprint density at radius 1 is 1.26 bits per heavy atom. The molecule has 0 spiro atoms. The third-order valence-corrected chi connectivity index (χ3v) is 3.42. The normalized spacial score (nSPS) is 14.1. The Bertz CT molecular complexity index is 367. The predicted octanol–water partition coefficient (Wildman–Crippen LogP) is 1.90. The number of likely N-dealkylation sites (N-methyl/N-ethyl adjacent to an activating group) is 1. The molecule has 0 aliphatic heterocycles. The summed E-state index contributed by atoms with van der Waals surface area (Å²) in [6.07, 6.45) is 0.738. The summed E-state index contributed by atoms with van der Waals surface area (Å²) in [5.74, 6) is 1.25. The van der Waals surface area contributed by atoms with Crippen LogP contribution in [0.5, 0.6) is 0 Å². The Balaban J connectivity index is 2.48. The lowest BCUT2D eigenvalue weighted by Crippen LogP contribution is -2.28. The summed E-state index contributed by atoms with van der Waals surface area (Å²) in [5, 5.41) is 14.0. The van der Waals surface area contributed by atoms with Gasteiger partial charge in [0.25, 0.3) is 0 Å². The summed E-state index contributed by atoms with van der Waals surface area (Å²) in [6, 6.07) is 0. The van der Waals surface area contributed by atoms with Gasteiger partial charge >= 0.3 is 0 Å². The van der Waals surface area contributed by atoms with Gasteiger partial charge in [0, 0.05) is 13.0 Å². The van der Waals surface area contributed by atoms with Crippen molar-refractivity contribution in [2.45, 2.75) is 53.6 Å². The minimum absolute atomic E-state index is 0.171. The Morgan fingerprint density at radius 3 is 2.42 bits per heavy atom. The molecule has 1 heterocycles. The number of aliphatic hydroxyl groups is 1. The minimum atomic E-state index is -0.469. The summed E-state index contributed by atoms with van der Waals surface area (Å²) in [6.45, 7) is 13.3. The highest BCUT2D eigenvalue weighted by Crippen LogP contribution is 2.21. The summed E-state index contributed by atoms with van der Waals surface area (Å²) in [7, 11) is 0. The Labute approximate surface area is 116 Å². The highest BCUT2D eigenvalue weighted by Gasteiger charge is 2.24. The van der Waals surface area contributed by atoms with E-state index in [4.69, 9.17) is 4.52 Å². The van der Waals surface area contributed by atoms with Gasteiger partial charge < -0.3 is 14.5 Å². The van der Waals surface area contributed by atoms with E-state index in [1.54, 1.807) is 0 Å². The summed E-state index contributed by atoms with van der Waals surface area (Å²) in [5.41, 5.74) is -0.171. The maximum absolute atomic E-state index is 10.0. The van der Waals surface area contributed by atoms with Crippen LogP contribution in [0, 0.1) is 5.41 Å². The van der Waals surface area contributed by atoms with Crippen LogP contribution in [0.1, 0.15) is 46.3 Å². The molecule has 1 aromatic heterocycles. The average molecular weight is 269 g/mol. The molecular formula is C14H27N3O2. The van der Waals surface area contributed by atoms with E-state index >= 15 is 0 Å². The quantitative estimate of drug-likeness (QED) is 0.819. The van der Waals surface area contributed by atoms with E-state index in [-0.39, 0.29) is 5.41 Å². The van der Waals surface area contributed by atoms with Crippen molar-refractivity contribution in [3.8, 4) is 0 Å². The van der Waals surface area contributed by atoms with E-state index in [1.807, 2.05) is 20.8 Å². The smallest absolute Gasteiger partial charge is 0.229 e. The van der Waals surface area contributed by atoms with Crippen molar-refractivity contribution in [2.75, 3.05) is 19.6 Å². The van der Waals surface area contributed by atoms with Gasteiger partial charge in [0.15, 0.2) is 5.82 Å². The van der Waals surface area contributed by atoms with Gasteiger partial charge in [0.2, 0.25) is 5.89 Å². The molecule has 0 amide bonds. The summed E-state index contributed by atoms with van der Waals surface area (Å²) >= 11 is 0. The average Bonchev–Trinajstić information content (AvgIpc) is 2.77. The van der Waals surface area contributed by atoms with E-state index in [2.05, 4.69) is 28.9 Å².